The minimum atomic E-state index is 0. The molecule has 1 saturated heterocycles. The van der Waals surface area contributed by atoms with Crippen LogP contribution in [-0.4, -0.2) is 42.5 Å². The molecule has 0 bridgehead atoms. The maximum Gasteiger partial charge on any atom is 0.241 e. The summed E-state index contributed by atoms with van der Waals surface area (Å²) in [4.78, 5) is 14.7. The van der Waals surface area contributed by atoms with E-state index in [1.54, 1.807) is 0 Å². The van der Waals surface area contributed by atoms with Crippen molar-refractivity contribution in [3.05, 3.63) is 29.8 Å². The van der Waals surface area contributed by atoms with Gasteiger partial charge in [0.05, 0.1) is 6.04 Å². The molecule has 0 radical (unpaired) electrons. The molecule has 110 valence electrons. The van der Waals surface area contributed by atoms with Gasteiger partial charge in [-0.15, -0.1) is 12.4 Å². The van der Waals surface area contributed by atoms with Crippen molar-refractivity contribution >= 4 is 24.0 Å². The fourth-order valence-corrected chi connectivity index (χ4v) is 3.09. The Morgan fingerprint density at radius 3 is 2.90 bits per heavy atom. The number of benzene rings is 1. The molecule has 2 aliphatic rings. The number of piperazine rings is 1. The van der Waals surface area contributed by atoms with E-state index in [1.807, 2.05) is 18.2 Å². The Labute approximate surface area is 126 Å². The number of nitrogens with zero attached hydrogens (tertiary/aromatic N) is 1. The summed E-state index contributed by atoms with van der Waals surface area (Å²) in [7, 11) is 0. The summed E-state index contributed by atoms with van der Waals surface area (Å²) in [5.74, 6) is 0.152. The van der Waals surface area contributed by atoms with Crippen LogP contribution in [0.25, 0.3) is 0 Å². The van der Waals surface area contributed by atoms with Gasteiger partial charge in [-0.1, -0.05) is 18.2 Å². The second kappa shape index (κ2) is 6.57. The molecular weight excluding hydrogens is 274 g/mol. The number of carbonyl (C=O) groups is 1. The van der Waals surface area contributed by atoms with Crippen LogP contribution in [0.4, 0.5) is 5.69 Å². The van der Waals surface area contributed by atoms with E-state index in [0.29, 0.717) is 6.04 Å². The number of hydrogen-bond acceptors (Lipinski definition) is 3. The molecule has 1 amide bonds. The molecule has 1 aromatic carbocycles. The van der Waals surface area contributed by atoms with Gasteiger partial charge in [-0.05, 0) is 31.4 Å². The number of hydrogen-bond donors (Lipinski definition) is 2. The highest BCUT2D eigenvalue weighted by molar-refractivity contribution is 5.96. The Bertz CT molecular complexity index is 480. The van der Waals surface area contributed by atoms with E-state index >= 15 is 0 Å². The minimum absolute atomic E-state index is 0. The van der Waals surface area contributed by atoms with E-state index in [-0.39, 0.29) is 24.4 Å². The smallest absolute Gasteiger partial charge is 0.241 e. The number of rotatable bonds is 1. The Morgan fingerprint density at radius 2 is 2.10 bits per heavy atom. The number of aryl methyl sites for hydroxylation is 1. The standard InChI is InChI=1S/C15H21N3O.ClH/c1-11-10-18(9-8-16-11)14-7-6-12-4-2-3-5-13(12)17-15(14)19;/h2-5,11,14,16H,6-10H2,1H3,(H,17,19);1H. The zero-order valence-electron chi connectivity index (χ0n) is 11.8. The lowest BCUT2D eigenvalue weighted by Gasteiger charge is -2.36. The molecule has 1 fully saturated rings. The molecule has 2 unspecified atom stereocenters. The van der Waals surface area contributed by atoms with Gasteiger partial charge in [-0.2, -0.15) is 0 Å². The van der Waals surface area contributed by atoms with Crippen LogP contribution < -0.4 is 10.6 Å². The average molecular weight is 296 g/mol. The number of halogens is 1. The van der Waals surface area contributed by atoms with Gasteiger partial charge in [0.15, 0.2) is 0 Å². The SMILES string of the molecule is CC1CN(C2CCc3ccccc3NC2=O)CCN1.Cl. The number of anilines is 1. The van der Waals surface area contributed by atoms with Crippen LogP contribution in [0, 0.1) is 0 Å². The molecule has 2 N–H and O–H groups in total. The number of nitrogens with one attached hydrogen (secondary N) is 2. The third kappa shape index (κ3) is 3.14. The first-order valence-electron chi connectivity index (χ1n) is 7.10. The average Bonchev–Trinajstić information content (AvgIpc) is 2.57. The van der Waals surface area contributed by atoms with Crippen LogP contribution in [0.1, 0.15) is 18.9 Å². The Morgan fingerprint density at radius 1 is 1.30 bits per heavy atom. The van der Waals surface area contributed by atoms with Crippen molar-refractivity contribution in [2.45, 2.75) is 31.8 Å². The van der Waals surface area contributed by atoms with E-state index in [9.17, 15) is 4.79 Å². The predicted molar refractivity (Wildman–Crippen MR) is 83.5 cm³/mol. The molecule has 0 spiro atoms. The van der Waals surface area contributed by atoms with Gasteiger partial charge >= 0.3 is 0 Å². The molecule has 20 heavy (non-hydrogen) atoms. The lowest BCUT2D eigenvalue weighted by molar-refractivity contribution is -0.121. The molecule has 4 nitrogen and oxygen atoms in total. The second-order valence-electron chi connectivity index (χ2n) is 5.55. The van der Waals surface area contributed by atoms with Gasteiger partial charge in [0.1, 0.15) is 0 Å². The predicted octanol–water partition coefficient (Wildman–Crippen LogP) is 1.66. The molecule has 3 rings (SSSR count). The molecule has 1 aromatic rings. The van der Waals surface area contributed by atoms with Crippen LogP contribution in [0.15, 0.2) is 24.3 Å². The first-order chi connectivity index (χ1) is 9.24. The fraction of sp³-hybridized carbons (Fsp3) is 0.533. The van der Waals surface area contributed by atoms with Gasteiger partial charge in [-0.25, -0.2) is 0 Å². The van der Waals surface area contributed by atoms with E-state index in [2.05, 4.69) is 28.5 Å². The summed E-state index contributed by atoms with van der Waals surface area (Å²) in [5.41, 5.74) is 2.24. The Balaban J connectivity index is 0.00000147. The summed E-state index contributed by atoms with van der Waals surface area (Å²) < 4.78 is 0. The first-order valence-corrected chi connectivity index (χ1v) is 7.10. The van der Waals surface area contributed by atoms with E-state index in [1.165, 1.54) is 5.56 Å². The number of fused-ring (bicyclic) bond motifs is 1. The van der Waals surface area contributed by atoms with Gasteiger partial charge < -0.3 is 10.6 Å². The highest BCUT2D eigenvalue weighted by Gasteiger charge is 2.31. The quantitative estimate of drug-likeness (QED) is 0.828. The second-order valence-corrected chi connectivity index (χ2v) is 5.55. The van der Waals surface area contributed by atoms with Crippen LogP contribution in [0.2, 0.25) is 0 Å². The molecule has 2 atom stereocenters. The maximum atomic E-state index is 12.4. The largest absolute Gasteiger partial charge is 0.324 e. The van der Waals surface area contributed by atoms with Crippen molar-refractivity contribution < 1.29 is 4.79 Å². The van der Waals surface area contributed by atoms with E-state index in [4.69, 9.17) is 0 Å². The molecule has 0 aliphatic carbocycles. The van der Waals surface area contributed by atoms with Crippen LogP contribution in [-0.2, 0) is 11.2 Å². The molecule has 0 aromatic heterocycles. The highest BCUT2D eigenvalue weighted by Crippen LogP contribution is 2.24. The Hall–Kier alpha value is -1.10. The van der Waals surface area contributed by atoms with Crippen molar-refractivity contribution in [2.24, 2.45) is 0 Å². The summed E-state index contributed by atoms with van der Waals surface area (Å²) in [6, 6.07) is 8.60. The van der Waals surface area contributed by atoms with E-state index in [0.717, 1.165) is 38.2 Å². The molecule has 0 saturated carbocycles. The van der Waals surface area contributed by atoms with Crippen LogP contribution in [0.5, 0.6) is 0 Å². The van der Waals surface area contributed by atoms with Crippen molar-refractivity contribution in [1.29, 1.82) is 0 Å². The number of amides is 1. The van der Waals surface area contributed by atoms with Crippen LogP contribution >= 0.6 is 12.4 Å². The van der Waals surface area contributed by atoms with Gasteiger partial charge in [0.2, 0.25) is 5.91 Å². The van der Waals surface area contributed by atoms with E-state index < -0.39 is 0 Å². The zero-order chi connectivity index (χ0) is 13.2. The van der Waals surface area contributed by atoms with Crippen LogP contribution in [0.3, 0.4) is 0 Å². The van der Waals surface area contributed by atoms with Gasteiger partial charge in [-0.3, -0.25) is 9.69 Å². The van der Waals surface area contributed by atoms with Crippen molar-refractivity contribution in [2.75, 3.05) is 25.0 Å². The lowest BCUT2D eigenvalue weighted by atomic mass is 10.0. The summed E-state index contributed by atoms with van der Waals surface area (Å²) in [6.07, 6.45) is 1.88. The van der Waals surface area contributed by atoms with Crippen molar-refractivity contribution in [3.8, 4) is 0 Å². The lowest BCUT2D eigenvalue weighted by Crippen LogP contribution is -2.55. The number of carbonyl (C=O) groups excluding carboxylic acids is 1. The van der Waals surface area contributed by atoms with Crippen molar-refractivity contribution in [3.63, 3.8) is 0 Å². The summed E-state index contributed by atoms with van der Waals surface area (Å²) in [5, 5.41) is 6.51. The highest BCUT2D eigenvalue weighted by atomic mass is 35.5. The summed E-state index contributed by atoms with van der Waals surface area (Å²) >= 11 is 0. The maximum absolute atomic E-state index is 12.4. The van der Waals surface area contributed by atoms with Gasteiger partial charge in [0.25, 0.3) is 0 Å². The normalized spacial score (nSPS) is 26.9. The van der Waals surface area contributed by atoms with Crippen molar-refractivity contribution in [1.82, 2.24) is 10.2 Å². The topological polar surface area (TPSA) is 44.4 Å². The zero-order valence-corrected chi connectivity index (χ0v) is 12.6. The summed E-state index contributed by atoms with van der Waals surface area (Å²) in [6.45, 7) is 5.06. The molecule has 2 heterocycles. The molecule has 5 heteroatoms. The van der Waals surface area contributed by atoms with Gasteiger partial charge in [0, 0.05) is 31.4 Å². The molecule has 2 aliphatic heterocycles. The third-order valence-corrected chi connectivity index (χ3v) is 4.11. The Kier molecular flexibility index (Phi) is 5.02. The first kappa shape index (κ1) is 15.3. The fourth-order valence-electron chi connectivity index (χ4n) is 3.09. The number of para-hydroxylation sites is 1. The molecular formula is C15H22ClN3O. The monoisotopic (exact) mass is 295 g/mol. The third-order valence-electron chi connectivity index (χ3n) is 4.11. The minimum Gasteiger partial charge on any atom is -0.324 e.